The summed E-state index contributed by atoms with van der Waals surface area (Å²) >= 11 is 6.21. The highest BCUT2D eigenvalue weighted by molar-refractivity contribution is 6.31. The summed E-state index contributed by atoms with van der Waals surface area (Å²) in [7, 11) is 1.55. The Kier molecular flexibility index (Phi) is 6.65. The second kappa shape index (κ2) is 9.29. The van der Waals surface area contributed by atoms with E-state index in [1.165, 1.54) is 10.6 Å². The van der Waals surface area contributed by atoms with Gasteiger partial charge in [0, 0.05) is 42.2 Å². The maximum Gasteiger partial charge on any atom is 0.573 e. The van der Waals surface area contributed by atoms with Crippen LogP contribution in [0.2, 0.25) is 5.02 Å². The predicted molar refractivity (Wildman–Crippen MR) is 128 cm³/mol. The summed E-state index contributed by atoms with van der Waals surface area (Å²) < 4.78 is 42.5. The Bertz CT molecular complexity index is 1370. The van der Waals surface area contributed by atoms with Crippen molar-refractivity contribution in [3.63, 3.8) is 0 Å². The predicted octanol–water partition coefficient (Wildman–Crippen LogP) is 3.72. The number of hydrogen-bond donors (Lipinski definition) is 2. The monoisotopic (exact) mass is 524 g/mol. The minimum atomic E-state index is -4.82. The molecule has 3 N–H and O–H groups in total. The van der Waals surface area contributed by atoms with Crippen molar-refractivity contribution < 1.29 is 27.8 Å². The number of nitrogens with two attached hydrogens (primary N) is 1. The van der Waals surface area contributed by atoms with Crippen LogP contribution >= 0.6 is 11.6 Å². The number of amides is 1. The highest BCUT2D eigenvalue weighted by Gasteiger charge is 2.40. The number of carbonyl (C=O) groups is 1. The zero-order chi connectivity index (χ0) is 26.4. The molecule has 1 aromatic carbocycles. The number of piperidine rings is 1. The molecule has 2 aromatic heterocycles. The van der Waals surface area contributed by atoms with Crippen molar-refractivity contribution in [2.45, 2.75) is 37.6 Å². The van der Waals surface area contributed by atoms with E-state index in [2.05, 4.69) is 9.72 Å². The molecule has 4 rings (SSSR count). The van der Waals surface area contributed by atoms with Gasteiger partial charge in [-0.1, -0.05) is 18.5 Å². The number of pyridine rings is 2. The van der Waals surface area contributed by atoms with Gasteiger partial charge in [-0.3, -0.25) is 14.6 Å². The lowest BCUT2D eigenvalue weighted by atomic mass is 9.78. The number of aryl methyl sites for hydroxylation is 1. The maximum atomic E-state index is 13.0. The molecule has 192 valence electrons. The van der Waals surface area contributed by atoms with Crippen LogP contribution in [0.4, 0.5) is 18.9 Å². The zero-order valence-corrected chi connectivity index (χ0v) is 20.2. The third kappa shape index (κ3) is 4.85. The molecule has 0 spiro atoms. The largest absolute Gasteiger partial charge is 0.573 e. The molecule has 1 saturated heterocycles. The zero-order valence-electron chi connectivity index (χ0n) is 19.5. The number of aliphatic hydroxyl groups is 1. The number of halogens is 4. The summed E-state index contributed by atoms with van der Waals surface area (Å²) in [6, 6.07) is 7.53. The van der Waals surface area contributed by atoms with Crippen LogP contribution in [0.5, 0.6) is 5.75 Å². The van der Waals surface area contributed by atoms with E-state index >= 15 is 0 Å². The van der Waals surface area contributed by atoms with E-state index in [1.807, 2.05) is 4.90 Å². The van der Waals surface area contributed by atoms with Gasteiger partial charge in [-0.15, -0.1) is 13.2 Å². The van der Waals surface area contributed by atoms with Gasteiger partial charge < -0.3 is 25.0 Å². The highest BCUT2D eigenvalue weighted by Crippen LogP contribution is 2.39. The summed E-state index contributed by atoms with van der Waals surface area (Å²) in [6.07, 6.45) is -3.37. The molecule has 1 aliphatic rings. The third-order valence-corrected chi connectivity index (χ3v) is 7.00. The first-order valence-corrected chi connectivity index (χ1v) is 11.5. The summed E-state index contributed by atoms with van der Waals surface area (Å²) in [4.78, 5) is 31.2. The first-order chi connectivity index (χ1) is 16.8. The van der Waals surface area contributed by atoms with Crippen LogP contribution in [0, 0.1) is 0 Å². The molecule has 0 saturated carbocycles. The Balaban J connectivity index is 1.63. The number of carbonyl (C=O) groups excluding carboxylic acids is 1. The molecular weight excluding hydrogens is 501 g/mol. The van der Waals surface area contributed by atoms with Crippen molar-refractivity contribution in [1.29, 1.82) is 0 Å². The quantitative estimate of drug-likeness (QED) is 0.526. The van der Waals surface area contributed by atoms with Crippen LogP contribution in [0.3, 0.4) is 0 Å². The molecule has 1 amide bonds. The molecule has 1 atom stereocenters. The summed E-state index contributed by atoms with van der Waals surface area (Å²) in [5.74, 6) is -1.83. The Hall–Kier alpha value is -3.31. The van der Waals surface area contributed by atoms with E-state index in [1.54, 1.807) is 32.2 Å². The van der Waals surface area contributed by atoms with Gasteiger partial charge >= 0.3 is 6.36 Å². The van der Waals surface area contributed by atoms with Gasteiger partial charge in [-0.2, -0.15) is 0 Å². The van der Waals surface area contributed by atoms with Crippen molar-refractivity contribution in [3.05, 3.63) is 63.2 Å². The number of hydrogen-bond acceptors (Lipinski definition) is 6. The molecule has 3 heterocycles. The van der Waals surface area contributed by atoms with Crippen LogP contribution < -0.4 is 20.9 Å². The van der Waals surface area contributed by atoms with Crippen molar-refractivity contribution in [2.24, 2.45) is 12.8 Å². The number of primary amides is 1. The maximum absolute atomic E-state index is 13.0. The first kappa shape index (κ1) is 25.8. The van der Waals surface area contributed by atoms with E-state index in [0.29, 0.717) is 27.3 Å². The molecule has 1 aliphatic heterocycles. The second-order valence-electron chi connectivity index (χ2n) is 8.89. The van der Waals surface area contributed by atoms with E-state index in [4.69, 9.17) is 17.3 Å². The minimum absolute atomic E-state index is 0.160. The normalized spacial score (nSPS) is 16.7. The fourth-order valence-electron chi connectivity index (χ4n) is 4.72. The Labute approximate surface area is 209 Å². The van der Waals surface area contributed by atoms with Crippen LogP contribution in [-0.4, -0.2) is 45.6 Å². The lowest BCUT2D eigenvalue weighted by Crippen LogP contribution is -2.48. The standard InChI is InChI=1S/C24H24ClF3N4O4/c1-13(17-5-4-15(12-30-17)36-24(26,27)28)23(35)7-9-32(10-8-23)20-16-11-14(25)3-6-18(16)31(2)22(34)19(20)21(29)33/h3-6,11-13,35H,7-10H2,1-2H3,(H2,29,33)/t13-/m1/s1. The number of alkyl halides is 3. The molecule has 0 aliphatic carbocycles. The Morgan fingerprint density at radius 3 is 2.47 bits per heavy atom. The Morgan fingerprint density at radius 1 is 1.25 bits per heavy atom. The molecule has 8 nitrogen and oxygen atoms in total. The van der Waals surface area contributed by atoms with Crippen LogP contribution in [0.15, 0.2) is 41.3 Å². The molecular formula is C24H24ClF3N4O4. The molecule has 36 heavy (non-hydrogen) atoms. The summed E-state index contributed by atoms with van der Waals surface area (Å²) in [5, 5.41) is 12.4. The number of aromatic nitrogens is 2. The number of nitrogens with zero attached hydrogens (tertiary/aromatic N) is 3. The molecule has 1 fully saturated rings. The number of benzene rings is 1. The number of rotatable bonds is 5. The van der Waals surface area contributed by atoms with Gasteiger partial charge in [0.15, 0.2) is 0 Å². The molecule has 0 radical (unpaired) electrons. The SMILES string of the molecule is C[C@H](c1ccc(OC(F)(F)F)cn1)C1(O)CCN(c2c(C(N)=O)c(=O)n(C)c3ccc(Cl)cc23)CC1. The van der Waals surface area contributed by atoms with E-state index in [0.717, 1.165) is 12.3 Å². The van der Waals surface area contributed by atoms with Crippen LogP contribution in [0.1, 0.15) is 41.7 Å². The van der Waals surface area contributed by atoms with Crippen molar-refractivity contribution >= 4 is 34.1 Å². The lowest BCUT2D eigenvalue weighted by Gasteiger charge is -2.43. The van der Waals surface area contributed by atoms with Gasteiger partial charge in [0.1, 0.15) is 11.3 Å². The van der Waals surface area contributed by atoms with Crippen molar-refractivity contribution in [3.8, 4) is 5.75 Å². The topological polar surface area (TPSA) is 111 Å². The van der Waals surface area contributed by atoms with Crippen LogP contribution in [-0.2, 0) is 7.05 Å². The highest BCUT2D eigenvalue weighted by atomic mass is 35.5. The van der Waals surface area contributed by atoms with Crippen molar-refractivity contribution in [1.82, 2.24) is 9.55 Å². The van der Waals surface area contributed by atoms with Crippen molar-refractivity contribution in [2.75, 3.05) is 18.0 Å². The minimum Gasteiger partial charge on any atom is -0.404 e. The average molecular weight is 525 g/mol. The smallest absolute Gasteiger partial charge is 0.404 e. The van der Waals surface area contributed by atoms with Gasteiger partial charge in [0.2, 0.25) is 0 Å². The van der Waals surface area contributed by atoms with E-state index < -0.39 is 35.1 Å². The van der Waals surface area contributed by atoms with Gasteiger partial charge in [-0.05, 0) is 43.2 Å². The summed E-state index contributed by atoms with van der Waals surface area (Å²) in [6.45, 7) is 2.31. The van der Waals surface area contributed by atoms with Crippen LogP contribution in [0.25, 0.3) is 10.9 Å². The molecule has 3 aromatic rings. The fourth-order valence-corrected chi connectivity index (χ4v) is 4.89. The third-order valence-electron chi connectivity index (χ3n) is 6.76. The van der Waals surface area contributed by atoms with E-state index in [9.17, 15) is 27.9 Å². The number of ether oxygens (including phenoxy) is 1. The molecule has 0 unspecified atom stereocenters. The molecule has 12 heteroatoms. The lowest BCUT2D eigenvalue weighted by molar-refractivity contribution is -0.274. The van der Waals surface area contributed by atoms with Gasteiger partial charge in [0.05, 0.1) is 23.0 Å². The summed E-state index contributed by atoms with van der Waals surface area (Å²) in [5.41, 5.74) is 5.02. The van der Waals surface area contributed by atoms with Gasteiger partial charge in [0.25, 0.3) is 11.5 Å². The van der Waals surface area contributed by atoms with Gasteiger partial charge in [-0.25, -0.2) is 0 Å². The fraction of sp³-hybridized carbons (Fsp3) is 0.375. The molecule has 0 bridgehead atoms. The Morgan fingerprint density at radius 2 is 1.92 bits per heavy atom. The number of fused-ring (bicyclic) bond motifs is 1. The first-order valence-electron chi connectivity index (χ1n) is 11.1. The number of anilines is 1. The average Bonchev–Trinajstić information content (AvgIpc) is 2.80. The second-order valence-corrected chi connectivity index (χ2v) is 9.33. The van der Waals surface area contributed by atoms with E-state index in [-0.39, 0.29) is 31.5 Å².